The summed E-state index contributed by atoms with van der Waals surface area (Å²) < 4.78 is 5.28. The largest absolute Gasteiger partial charge is 0.384 e. The van der Waals surface area contributed by atoms with E-state index in [1.54, 1.807) is 6.20 Å². The highest BCUT2D eigenvalue weighted by Crippen LogP contribution is 2.15. The molecule has 0 aromatic carbocycles. The minimum absolute atomic E-state index is 0.505. The molecule has 2 heterocycles. The van der Waals surface area contributed by atoms with Crippen molar-refractivity contribution in [3.05, 3.63) is 18.3 Å². The fraction of sp³-hybridized carbons (Fsp3) is 0.500. The number of pyridine rings is 1. The molecule has 3 N–H and O–H groups in total. The van der Waals surface area contributed by atoms with E-state index in [4.69, 9.17) is 10.5 Å². The Labute approximate surface area is 83.5 Å². The van der Waals surface area contributed by atoms with Crippen molar-refractivity contribution in [1.29, 1.82) is 0 Å². The molecule has 0 unspecified atom stereocenters. The monoisotopic (exact) mass is 193 g/mol. The average Bonchev–Trinajstić information content (AvgIpc) is 2.19. The molecule has 1 aromatic rings. The number of nitrogens with one attached hydrogen (secondary N) is 1. The first kappa shape index (κ1) is 9.27. The van der Waals surface area contributed by atoms with Crippen molar-refractivity contribution in [2.45, 2.75) is 18.9 Å². The summed E-state index contributed by atoms with van der Waals surface area (Å²) in [6.45, 7) is 1.69. The molecule has 0 bridgehead atoms. The third-order valence-electron chi connectivity index (χ3n) is 2.37. The lowest BCUT2D eigenvalue weighted by atomic mass is 10.1. The topological polar surface area (TPSA) is 60.2 Å². The number of hydrogen-bond donors (Lipinski definition) is 2. The quantitative estimate of drug-likeness (QED) is 0.742. The van der Waals surface area contributed by atoms with E-state index in [1.807, 2.05) is 12.1 Å². The van der Waals surface area contributed by atoms with Crippen molar-refractivity contribution >= 4 is 11.5 Å². The summed E-state index contributed by atoms with van der Waals surface area (Å²) in [6, 6.07) is 4.30. The molecule has 1 fully saturated rings. The van der Waals surface area contributed by atoms with E-state index >= 15 is 0 Å². The lowest BCUT2D eigenvalue weighted by Crippen LogP contribution is -2.27. The van der Waals surface area contributed by atoms with Crippen LogP contribution in [0.5, 0.6) is 0 Å². The van der Waals surface area contributed by atoms with Gasteiger partial charge in [-0.1, -0.05) is 0 Å². The van der Waals surface area contributed by atoms with Crippen LogP contribution >= 0.6 is 0 Å². The Morgan fingerprint density at radius 2 is 2.21 bits per heavy atom. The van der Waals surface area contributed by atoms with Crippen LogP contribution in [0.2, 0.25) is 0 Å². The van der Waals surface area contributed by atoms with Crippen LogP contribution in [-0.2, 0) is 4.74 Å². The van der Waals surface area contributed by atoms with E-state index in [9.17, 15) is 0 Å². The van der Waals surface area contributed by atoms with Crippen LogP contribution in [-0.4, -0.2) is 24.2 Å². The fourth-order valence-electron chi connectivity index (χ4n) is 1.62. The normalized spacial score (nSPS) is 18.0. The molecule has 1 aromatic heterocycles. The predicted octanol–water partition coefficient (Wildman–Crippen LogP) is 1.25. The Hall–Kier alpha value is -1.29. The molecule has 14 heavy (non-hydrogen) atoms. The molecule has 0 atom stereocenters. The van der Waals surface area contributed by atoms with Gasteiger partial charge in [-0.2, -0.15) is 0 Å². The third-order valence-corrected chi connectivity index (χ3v) is 2.37. The maximum absolute atomic E-state index is 5.59. The summed E-state index contributed by atoms with van der Waals surface area (Å²) in [7, 11) is 0. The van der Waals surface area contributed by atoms with Gasteiger partial charge in [0.15, 0.2) is 0 Å². The Morgan fingerprint density at radius 1 is 1.43 bits per heavy atom. The summed E-state index contributed by atoms with van der Waals surface area (Å²) in [5.41, 5.74) is 6.63. The van der Waals surface area contributed by atoms with Gasteiger partial charge in [-0.3, -0.25) is 0 Å². The molecule has 1 aliphatic rings. The lowest BCUT2D eigenvalue weighted by Gasteiger charge is -2.24. The number of nitrogen functional groups attached to an aromatic ring is 1. The second kappa shape index (κ2) is 4.28. The van der Waals surface area contributed by atoms with Crippen molar-refractivity contribution < 1.29 is 4.74 Å². The molecular formula is C10H15N3O. The Kier molecular flexibility index (Phi) is 2.84. The number of nitrogens with zero attached hydrogens (tertiary/aromatic N) is 1. The molecule has 0 saturated carbocycles. The van der Waals surface area contributed by atoms with Gasteiger partial charge in [0.05, 0.1) is 0 Å². The second-order valence-corrected chi connectivity index (χ2v) is 3.50. The Morgan fingerprint density at radius 3 is 2.93 bits per heavy atom. The summed E-state index contributed by atoms with van der Waals surface area (Å²) in [5.74, 6) is 0.557. The molecule has 0 radical (unpaired) electrons. The van der Waals surface area contributed by atoms with E-state index in [2.05, 4.69) is 10.3 Å². The van der Waals surface area contributed by atoms with Gasteiger partial charge in [-0.15, -0.1) is 0 Å². The number of nitrogens with two attached hydrogens (primary N) is 1. The molecule has 4 heteroatoms. The lowest BCUT2D eigenvalue weighted by molar-refractivity contribution is 0.0904. The minimum Gasteiger partial charge on any atom is -0.384 e. The Bertz CT molecular complexity index is 297. The van der Waals surface area contributed by atoms with E-state index in [0.717, 1.165) is 31.7 Å². The van der Waals surface area contributed by atoms with E-state index < -0.39 is 0 Å². The summed E-state index contributed by atoms with van der Waals surface area (Å²) in [4.78, 5) is 3.95. The van der Waals surface area contributed by atoms with Gasteiger partial charge in [-0.05, 0) is 18.9 Å². The fourth-order valence-corrected chi connectivity index (χ4v) is 1.62. The number of aromatic nitrogens is 1. The van der Waals surface area contributed by atoms with Crippen LogP contribution in [0.4, 0.5) is 11.5 Å². The zero-order chi connectivity index (χ0) is 9.80. The summed E-state index contributed by atoms with van der Waals surface area (Å²) in [6.07, 6.45) is 3.83. The second-order valence-electron chi connectivity index (χ2n) is 3.50. The molecule has 0 spiro atoms. The number of rotatable bonds is 2. The van der Waals surface area contributed by atoms with Gasteiger partial charge in [0.1, 0.15) is 5.82 Å². The van der Waals surface area contributed by atoms with Crippen LogP contribution in [0.15, 0.2) is 18.3 Å². The predicted molar refractivity (Wildman–Crippen MR) is 56.1 cm³/mol. The standard InChI is InChI=1S/C10H15N3O/c11-10-7-9(1-4-12-10)13-8-2-5-14-6-3-8/h1,4,7-8H,2-3,5-6H2,(H3,11,12,13). The highest BCUT2D eigenvalue weighted by molar-refractivity contribution is 5.50. The first-order valence-corrected chi connectivity index (χ1v) is 4.90. The van der Waals surface area contributed by atoms with Gasteiger partial charge in [0, 0.05) is 37.2 Å². The minimum atomic E-state index is 0.505. The van der Waals surface area contributed by atoms with Crippen molar-refractivity contribution in [2.75, 3.05) is 24.3 Å². The van der Waals surface area contributed by atoms with Crippen molar-refractivity contribution in [1.82, 2.24) is 4.98 Å². The van der Waals surface area contributed by atoms with Crippen molar-refractivity contribution in [3.63, 3.8) is 0 Å². The van der Waals surface area contributed by atoms with Gasteiger partial charge >= 0.3 is 0 Å². The van der Waals surface area contributed by atoms with E-state index in [1.165, 1.54) is 0 Å². The van der Waals surface area contributed by atoms with Gasteiger partial charge in [-0.25, -0.2) is 4.98 Å². The van der Waals surface area contributed by atoms with Gasteiger partial charge in [0.25, 0.3) is 0 Å². The molecule has 0 aliphatic carbocycles. The average molecular weight is 193 g/mol. The number of anilines is 2. The SMILES string of the molecule is Nc1cc(NC2CCOCC2)ccn1. The molecule has 2 rings (SSSR count). The molecule has 4 nitrogen and oxygen atoms in total. The first-order valence-electron chi connectivity index (χ1n) is 4.90. The summed E-state index contributed by atoms with van der Waals surface area (Å²) >= 11 is 0. The molecular weight excluding hydrogens is 178 g/mol. The smallest absolute Gasteiger partial charge is 0.125 e. The molecule has 0 amide bonds. The highest BCUT2D eigenvalue weighted by Gasteiger charge is 2.12. The molecule has 1 saturated heterocycles. The molecule has 1 aliphatic heterocycles. The zero-order valence-electron chi connectivity index (χ0n) is 8.07. The van der Waals surface area contributed by atoms with Crippen LogP contribution < -0.4 is 11.1 Å². The van der Waals surface area contributed by atoms with Crippen molar-refractivity contribution in [3.8, 4) is 0 Å². The molecule has 76 valence electrons. The zero-order valence-corrected chi connectivity index (χ0v) is 8.07. The summed E-state index contributed by atoms with van der Waals surface area (Å²) in [5, 5.41) is 3.42. The van der Waals surface area contributed by atoms with E-state index in [-0.39, 0.29) is 0 Å². The van der Waals surface area contributed by atoms with Gasteiger partial charge in [0.2, 0.25) is 0 Å². The third kappa shape index (κ3) is 2.35. The maximum Gasteiger partial charge on any atom is 0.125 e. The first-order chi connectivity index (χ1) is 6.84. The van der Waals surface area contributed by atoms with Crippen LogP contribution in [0.25, 0.3) is 0 Å². The van der Waals surface area contributed by atoms with Gasteiger partial charge < -0.3 is 15.8 Å². The van der Waals surface area contributed by atoms with Crippen LogP contribution in [0.3, 0.4) is 0 Å². The number of hydrogen-bond acceptors (Lipinski definition) is 4. The maximum atomic E-state index is 5.59. The highest BCUT2D eigenvalue weighted by atomic mass is 16.5. The number of ether oxygens (including phenoxy) is 1. The van der Waals surface area contributed by atoms with E-state index in [0.29, 0.717) is 11.9 Å². The van der Waals surface area contributed by atoms with Crippen molar-refractivity contribution in [2.24, 2.45) is 0 Å². The van der Waals surface area contributed by atoms with Crippen LogP contribution in [0.1, 0.15) is 12.8 Å². The van der Waals surface area contributed by atoms with Crippen LogP contribution in [0, 0.1) is 0 Å². The Balaban J connectivity index is 1.95.